The first-order valence-electron chi connectivity index (χ1n) is 4.38. The Labute approximate surface area is 76.9 Å². The second-order valence-corrected chi connectivity index (χ2v) is 3.00. The maximum atomic E-state index is 9.79. The molecule has 0 spiro atoms. The topological polar surface area (TPSA) is 33.1 Å². The van der Waals surface area contributed by atoms with Crippen LogP contribution in [0.3, 0.4) is 0 Å². The van der Waals surface area contributed by atoms with Crippen LogP contribution in [0.1, 0.15) is 12.5 Å². The maximum absolute atomic E-state index is 9.79. The maximum Gasteiger partial charge on any atom is 0.144 e. The van der Waals surface area contributed by atoms with E-state index in [1.54, 1.807) is 6.20 Å². The van der Waals surface area contributed by atoms with Gasteiger partial charge in [0.15, 0.2) is 0 Å². The van der Waals surface area contributed by atoms with Gasteiger partial charge in [-0.2, -0.15) is 0 Å². The Hall–Kier alpha value is -1.57. The second-order valence-electron chi connectivity index (χ2n) is 3.00. The molecule has 0 fully saturated rings. The Morgan fingerprint density at radius 3 is 2.92 bits per heavy atom. The first kappa shape index (κ1) is 8.05. The van der Waals surface area contributed by atoms with Crippen LogP contribution >= 0.6 is 0 Å². The number of hydrogen-bond donors (Lipinski definition) is 1. The van der Waals surface area contributed by atoms with Gasteiger partial charge in [0.1, 0.15) is 11.3 Å². The van der Waals surface area contributed by atoms with Gasteiger partial charge in [0, 0.05) is 11.6 Å². The minimum absolute atomic E-state index is 0.320. The zero-order valence-electron chi connectivity index (χ0n) is 7.49. The molecule has 0 saturated heterocycles. The lowest BCUT2D eigenvalue weighted by molar-refractivity contribution is 0.474. The molecule has 2 aromatic rings. The van der Waals surface area contributed by atoms with Crippen LogP contribution in [0.4, 0.5) is 0 Å². The van der Waals surface area contributed by atoms with E-state index >= 15 is 0 Å². The molecule has 13 heavy (non-hydrogen) atoms. The van der Waals surface area contributed by atoms with E-state index in [2.05, 4.69) is 4.98 Å². The fourth-order valence-electron chi connectivity index (χ4n) is 1.46. The molecule has 0 amide bonds. The Morgan fingerprint density at radius 2 is 2.15 bits per heavy atom. The van der Waals surface area contributed by atoms with Crippen molar-refractivity contribution in [2.45, 2.75) is 13.3 Å². The number of aromatic nitrogens is 1. The summed E-state index contributed by atoms with van der Waals surface area (Å²) in [6.07, 6.45) is 2.53. The summed E-state index contributed by atoms with van der Waals surface area (Å²) >= 11 is 0. The number of nitrogens with zero attached hydrogens (tertiary/aromatic N) is 1. The normalized spacial score (nSPS) is 10.5. The summed E-state index contributed by atoms with van der Waals surface area (Å²) in [6.45, 7) is 2.02. The summed E-state index contributed by atoms with van der Waals surface area (Å²) in [6, 6.07) is 7.75. The van der Waals surface area contributed by atoms with Crippen LogP contribution in [-0.4, -0.2) is 10.1 Å². The molecule has 0 saturated carbocycles. The molecule has 0 radical (unpaired) electrons. The van der Waals surface area contributed by atoms with E-state index in [4.69, 9.17) is 0 Å². The van der Waals surface area contributed by atoms with E-state index < -0.39 is 0 Å². The van der Waals surface area contributed by atoms with E-state index in [0.29, 0.717) is 11.3 Å². The number of aromatic hydroxyl groups is 1. The highest BCUT2D eigenvalue weighted by Gasteiger charge is 2.04. The zero-order chi connectivity index (χ0) is 9.26. The number of benzene rings is 1. The lowest BCUT2D eigenvalue weighted by Gasteiger charge is -2.04. The third-order valence-electron chi connectivity index (χ3n) is 2.21. The minimum atomic E-state index is 0.320. The van der Waals surface area contributed by atoms with Crippen molar-refractivity contribution >= 4 is 10.9 Å². The fraction of sp³-hybridized carbons (Fsp3) is 0.182. The van der Waals surface area contributed by atoms with Gasteiger partial charge in [-0.3, -0.25) is 4.98 Å². The van der Waals surface area contributed by atoms with Crippen molar-refractivity contribution in [2.75, 3.05) is 0 Å². The number of aryl methyl sites for hydroxylation is 1. The monoisotopic (exact) mass is 173 g/mol. The van der Waals surface area contributed by atoms with Crippen molar-refractivity contribution in [1.82, 2.24) is 4.98 Å². The molecule has 0 bridgehead atoms. The van der Waals surface area contributed by atoms with Crippen LogP contribution in [0.15, 0.2) is 30.5 Å². The number of hydrogen-bond acceptors (Lipinski definition) is 2. The lowest BCUT2D eigenvalue weighted by Crippen LogP contribution is -1.85. The van der Waals surface area contributed by atoms with Gasteiger partial charge in [-0.25, -0.2) is 0 Å². The zero-order valence-corrected chi connectivity index (χ0v) is 7.49. The highest BCUT2D eigenvalue weighted by molar-refractivity contribution is 5.85. The summed E-state index contributed by atoms with van der Waals surface area (Å²) in [5, 5.41) is 10.8. The second kappa shape index (κ2) is 3.05. The average molecular weight is 173 g/mol. The van der Waals surface area contributed by atoms with Crippen LogP contribution < -0.4 is 0 Å². The van der Waals surface area contributed by atoms with Crippen LogP contribution in [0.25, 0.3) is 10.9 Å². The van der Waals surface area contributed by atoms with Gasteiger partial charge in [0.2, 0.25) is 0 Å². The Morgan fingerprint density at radius 1 is 1.31 bits per heavy atom. The highest BCUT2D eigenvalue weighted by Crippen LogP contribution is 2.26. The quantitative estimate of drug-likeness (QED) is 0.718. The molecule has 2 heteroatoms. The molecule has 0 atom stereocenters. The van der Waals surface area contributed by atoms with Crippen molar-refractivity contribution in [3.63, 3.8) is 0 Å². The molecule has 1 heterocycles. The van der Waals surface area contributed by atoms with Gasteiger partial charge in [-0.15, -0.1) is 0 Å². The van der Waals surface area contributed by atoms with Crippen molar-refractivity contribution < 1.29 is 5.11 Å². The van der Waals surface area contributed by atoms with Crippen molar-refractivity contribution in [1.29, 1.82) is 0 Å². The molecule has 66 valence electrons. The van der Waals surface area contributed by atoms with Crippen LogP contribution in [0.2, 0.25) is 0 Å². The Kier molecular flexibility index (Phi) is 1.89. The molecule has 2 nitrogen and oxygen atoms in total. The third kappa shape index (κ3) is 1.24. The summed E-state index contributed by atoms with van der Waals surface area (Å²) in [4.78, 5) is 4.14. The molecule has 0 aliphatic heterocycles. The lowest BCUT2D eigenvalue weighted by atomic mass is 10.1. The molecule has 1 aromatic carbocycles. The van der Waals surface area contributed by atoms with E-state index in [9.17, 15) is 5.11 Å². The molecular formula is C11H11NO. The van der Waals surface area contributed by atoms with E-state index in [1.165, 1.54) is 0 Å². The number of rotatable bonds is 1. The molecule has 1 aromatic heterocycles. The fourth-order valence-corrected chi connectivity index (χ4v) is 1.46. The first-order valence-corrected chi connectivity index (χ1v) is 4.38. The van der Waals surface area contributed by atoms with Crippen molar-refractivity contribution in [3.05, 3.63) is 36.0 Å². The Bertz CT molecular complexity index is 437. The summed E-state index contributed by atoms with van der Waals surface area (Å²) in [7, 11) is 0. The largest absolute Gasteiger partial charge is 0.505 e. The number of phenolic OH excluding ortho intramolecular Hbond substituents is 1. The number of phenols is 1. The van der Waals surface area contributed by atoms with Gasteiger partial charge in [0.25, 0.3) is 0 Å². The van der Waals surface area contributed by atoms with E-state index in [0.717, 1.165) is 17.4 Å². The van der Waals surface area contributed by atoms with E-state index in [1.807, 2.05) is 31.2 Å². The third-order valence-corrected chi connectivity index (χ3v) is 2.21. The summed E-state index contributed by atoms with van der Waals surface area (Å²) < 4.78 is 0. The smallest absolute Gasteiger partial charge is 0.144 e. The highest BCUT2D eigenvalue weighted by atomic mass is 16.3. The van der Waals surface area contributed by atoms with Gasteiger partial charge in [-0.1, -0.05) is 25.1 Å². The van der Waals surface area contributed by atoms with Gasteiger partial charge < -0.3 is 5.11 Å². The van der Waals surface area contributed by atoms with Crippen LogP contribution in [0, 0.1) is 0 Å². The van der Waals surface area contributed by atoms with Crippen LogP contribution in [0.5, 0.6) is 5.75 Å². The predicted octanol–water partition coefficient (Wildman–Crippen LogP) is 2.50. The Balaban J connectivity index is 2.79. The standard InChI is InChI=1S/C11H11NO/c1-2-8-5-6-9-4-3-7-12-10(9)11(8)13/h3-7,13H,2H2,1H3. The molecular weight excluding hydrogens is 162 g/mol. The molecule has 0 aliphatic carbocycles. The number of pyridine rings is 1. The predicted molar refractivity (Wildman–Crippen MR) is 52.8 cm³/mol. The van der Waals surface area contributed by atoms with Gasteiger partial charge in [0.05, 0.1) is 0 Å². The van der Waals surface area contributed by atoms with Crippen molar-refractivity contribution in [2.24, 2.45) is 0 Å². The molecule has 0 unspecified atom stereocenters. The molecule has 2 rings (SSSR count). The van der Waals surface area contributed by atoms with Crippen LogP contribution in [-0.2, 0) is 6.42 Å². The minimum Gasteiger partial charge on any atom is -0.505 e. The number of fused-ring (bicyclic) bond motifs is 1. The summed E-state index contributed by atoms with van der Waals surface area (Å²) in [5.74, 6) is 0.320. The SMILES string of the molecule is CCc1ccc2cccnc2c1O. The molecule has 1 N–H and O–H groups in total. The summed E-state index contributed by atoms with van der Waals surface area (Å²) in [5.41, 5.74) is 1.65. The van der Waals surface area contributed by atoms with Gasteiger partial charge >= 0.3 is 0 Å². The van der Waals surface area contributed by atoms with E-state index in [-0.39, 0.29) is 0 Å². The van der Waals surface area contributed by atoms with Crippen molar-refractivity contribution in [3.8, 4) is 5.75 Å². The average Bonchev–Trinajstić information content (AvgIpc) is 2.19. The molecule has 0 aliphatic rings. The van der Waals surface area contributed by atoms with Gasteiger partial charge in [-0.05, 0) is 18.1 Å². The first-order chi connectivity index (χ1) is 6.33.